The molecule has 1 unspecified atom stereocenters. The van der Waals surface area contributed by atoms with Crippen LogP contribution in [-0.2, 0) is 0 Å². The van der Waals surface area contributed by atoms with E-state index < -0.39 is 0 Å². The third kappa shape index (κ3) is 20.8. The van der Waals surface area contributed by atoms with Gasteiger partial charge in [0.1, 0.15) is 6.17 Å². The van der Waals surface area contributed by atoms with E-state index in [2.05, 4.69) is 49.9 Å². The van der Waals surface area contributed by atoms with E-state index in [1.165, 1.54) is 186 Å². The first-order chi connectivity index (χ1) is 19.2. The average Bonchev–Trinajstić information content (AvgIpc) is 3.34. The number of rotatable bonds is 30. The van der Waals surface area contributed by atoms with Gasteiger partial charge in [0.2, 0.25) is 0 Å². The van der Waals surface area contributed by atoms with Crippen LogP contribution in [0.5, 0.6) is 0 Å². The Morgan fingerprint density at radius 3 is 0.846 bits per heavy atom. The van der Waals surface area contributed by atoms with Crippen molar-refractivity contribution < 1.29 is 0 Å². The summed E-state index contributed by atoms with van der Waals surface area (Å²) >= 11 is 0. The van der Waals surface area contributed by atoms with Gasteiger partial charge in [0.25, 0.3) is 0 Å². The van der Waals surface area contributed by atoms with Crippen molar-refractivity contribution >= 4 is 0 Å². The zero-order valence-electron chi connectivity index (χ0n) is 27.7. The van der Waals surface area contributed by atoms with Gasteiger partial charge in [0.15, 0.2) is 0 Å². The molecule has 0 N–H and O–H groups in total. The van der Waals surface area contributed by atoms with Crippen molar-refractivity contribution in [2.45, 2.75) is 207 Å². The first kappa shape index (κ1) is 36.4. The molecule has 0 amide bonds. The molecule has 1 aliphatic heterocycles. The molecule has 0 fully saturated rings. The molecular weight excluding hydrogens is 472 g/mol. The Balaban J connectivity index is 1.96. The minimum absolute atomic E-state index is 0.587. The van der Waals surface area contributed by atoms with Gasteiger partial charge in [-0.25, -0.2) is 0 Å². The van der Waals surface area contributed by atoms with E-state index in [4.69, 9.17) is 0 Å². The zero-order chi connectivity index (χ0) is 28.2. The highest BCUT2D eigenvalue weighted by atomic mass is 15.4. The van der Waals surface area contributed by atoms with Crippen molar-refractivity contribution in [2.75, 3.05) is 13.1 Å². The maximum absolute atomic E-state index is 2.65. The van der Waals surface area contributed by atoms with Gasteiger partial charge in [0.05, 0.1) is 0 Å². The Morgan fingerprint density at radius 1 is 0.385 bits per heavy atom. The Labute approximate surface area is 248 Å². The second-order valence-electron chi connectivity index (χ2n) is 13.3. The maximum Gasteiger partial charge on any atom is 0.103 e. The lowest BCUT2D eigenvalue weighted by molar-refractivity contribution is 0.104. The Hall–Kier alpha value is -0.660. The Bertz CT molecular complexity index is 514. The van der Waals surface area contributed by atoms with Gasteiger partial charge in [-0.2, -0.15) is 0 Å². The second-order valence-corrected chi connectivity index (χ2v) is 13.3. The third-order valence-electron chi connectivity index (χ3n) is 9.02. The minimum atomic E-state index is 0.587. The number of nitrogens with zero attached hydrogens (tertiary/aromatic N) is 2. The minimum Gasteiger partial charge on any atom is -0.356 e. The fraction of sp³-hybridized carbons (Fsp3) is 0.946. The molecule has 0 saturated carbocycles. The summed E-state index contributed by atoms with van der Waals surface area (Å²) < 4.78 is 0. The van der Waals surface area contributed by atoms with Crippen LogP contribution in [0.15, 0.2) is 12.4 Å². The highest BCUT2D eigenvalue weighted by molar-refractivity contribution is 4.98. The summed E-state index contributed by atoms with van der Waals surface area (Å²) in [6, 6.07) is 0. The van der Waals surface area contributed by atoms with Gasteiger partial charge in [0, 0.05) is 25.5 Å². The molecule has 0 saturated heterocycles. The maximum atomic E-state index is 2.65. The molecule has 232 valence electrons. The van der Waals surface area contributed by atoms with E-state index in [0.29, 0.717) is 12.1 Å². The van der Waals surface area contributed by atoms with Gasteiger partial charge in [-0.1, -0.05) is 188 Å². The van der Waals surface area contributed by atoms with E-state index in [1.807, 2.05) is 0 Å². The average molecular weight is 547 g/mol. The smallest absolute Gasteiger partial charge is 0.103 e. The number of hydrogen-bond acceptors (Lipinski definition) is 2. The molecule has 0 aromatic heterocycles. The van der Waals surface area contributed by atoms with Crippen LogP contribution in [-0.4, -0.2) is 29.1 Å². The van der Waals surface area contributed by atoms with Crippen molar-refractivity contribution in [1.29, 1.82) is 0 Å². The van der Waals surface area contributed by atoms with Crippen molar-refractivity contribution in [1.82, 2.24) is 9.80 Å². The molecule has 1 aliphatic rings. The topological polar surface area (TPSA) is 6.48 Å². The fourth-order valence-corrected chi connectivity index (χ4v) is 6.52. The Kier molecular flexibility index (Phi) is 25.6. The van der Waals surface area contributed by atoms with Gasteiger partial charge in [-0.15, -0.1) is 0 Å². The molecule has 1 atom stereocenters. The van der Waals surface area contributed by atoms with E-state index >= 15 is 0 Å². The summed E-state index contributed by atoms with van der Waals surface area (Å²) in [6.45, 7) is 11.9. The number of hydrogen-bond donors (Lipinski definition) is 0. The summed E-state index contributed by atoms with van der Waals surface area (Å²) in [5, 5.41) is 0. The van der Waals surface area contributed by atoms with E-state index in [0.717, 1.165) is 0 Å². The van der Waals surface area contributed by atoms with Crippen LogP contribution in [0.3, 0.4) is 0 Å². The quantitative estimate of drug-likeness (QED) is 0.0826. The van der Waals surface area contributed by atoms with Crippen LogP contribution in [0.4, 0.5) is 0 Å². The lowest BCUT2D eigenvalue weighted by Gasteiger charge is -2.36. The molecule has 0 bridgehead atoms. The number of unbranched alkanes of at least 4 members (excludes halogenated alkanes) is 25. The molecule has 0 aromatic rings. The molecule has 1 heterocycles. The second kappa shape index (κ2) is 27.5. The van der Waals surface area contributed by atoms with Gasteiger partial charge in [-0.3, -0.25) is 0 Å². The predicted molar refractivity (Wildman–Crippen MR) is 177 cm³/mol. The molecule has 1 rings (SSSR count). The molecular formula is C37H74N2. The molecule has 2 nitrogen and oxygen atoms in total. The third-order valence-corrected chi connectivity index (χ3v) is 9.02. The van der Waals surface area contributed by atoms with Gasteiger partial charge < -0.3 is 9.80 Å². The van der Waals surface area contributed by atoms with Crippen molar-refractivity contribution in [3.63, 3.8) is 0 Å². The summed E-state index contributed by atoms with van der Waals surface area (Å²) in [5.74, 6) is 0.689. The van der Waals surface area contributed by atoms with E-state index in [1.54, 1.807) is 0 Å². The van der Waals surface area contributed by atoms with Gasteiger partial charge >= 0.3 is 0 Å². The highest BCUT2D eigenvalue weighted by Crippen LogP contribution is 2.24. The highest BCUT2D eigenvalue weighted by Gasteiger charge is 2.28. The summed E-state index contributed by atoms with van der Waals surface area (Å²) in [4.78, 5) is 5.29. The first-order valence-electron chi connectivity index (χ1n) is 18.4. The molecule has 0 aliphatic carbocycles. The van der Waals surface area contributed by atoms with Crippen LogP contribution in [0.2, 0.25) is 0 Å². The summed E-state index contributed by atoms with van der Waals surface area (Å²) in [7, 11) is 0. The predicted octanol–water partition coefficient (Wildman–Crippen LogP) is 12.6. The van der Waals surface area contributed by atoms with E-state index in [-0.39, 0.29) is 0 Å². The molecule has 0 spiro atoms. The van der Waals surface area contributed by atoms with Crippen molar-refractivity contribution in [3.05, 3.63) is 12.4 Å². The van der Waals surface area contributed by atoms with Crippen LogP contribution < -0.4 is 0 Å². The monoisotopic (exact) mass is 547 g/mol. The van der Waals surface area contributed by atoms with Crippen LogP contribution in [0.1, 0.15) is 201 Å². The molecule has 2 heteroatoms. The Morgan fingerprint density at radius 2 is 0.615 bits per heavy atom. The van der Waals surface area contributed by atoms with Crippen molar-refractivity contribution in [2.24, 2.45) is 5.92 Å². The van der Waals surface area contributed by atoms with Crippen LogP contribution in [0.25, 0.3) is 0 Å². The van der Waals surface area contributed by atoms with Gasteiger partial charge in [-0.05, 0) is 18.8 Å². The standard InChI is InChI=1S/C37H74N2/c1-5-7-9-11-13-15-17-19-20-21-23-25-27-29-31-33-39-35-34-38(37(39)36(3)4)32-30-28-26-24-22-18-16-14-12-10-8-6-2/h34-37H,5-33H2,1-4H3. The van der Waals surface area contributed by atoms with Crippen molar-refractivity contribution in [3.8, 4) is 0 Å². The first-order valence-corrected chi connectivity index (χ1v) is 18.4. The lowest BCUT2D eigenvalue weighted by Crippen LogP contribution is -2.43. The fourth-order valence-electron chi connectivity index (χ4n) is 6.52. The summed E-state index contributed by atoms with van der Waals surface area (Å²) in [5.41, 5.74) is 0. The molecule has 0 radical (unpaired) electrons. The van der Waals surface area contributed by atoms with Crippen LogP contribution in [0, 0.1) is 5.92 Å². The largest absolute Gasteiger partial charge is 0.356 e. The molecule has 0 aromatic carbocycles. The van der Waals surface area contributed by atoms with E-state index in [9.17, 15) is 0 Å². The SMILES string of the molecule is CCCCCCCCCCCCCCCCCN1C=CN(CCCCCCCCCCCCCC)C1C(C)C. The zero-order valence-corrected chi connectivity index (χ0v) is 27.7. The normalized spacial score (nSPS) is 15.4. The van der Waals surface area contributed by atoms with Crippen LogP contribution >= 0.6 is 0 Å². The molecule has 39 heavy (non-hydrogen) atoms. The lowest BCUT2D eigenvalue weighted by atomic mass is 10.0. The summed E-state index contributed by atoms with van der Waals surface area (Å²) in [6.07, 6.45) is 44.3.